The van der Waals surface area contributed by atoms with Gasteiger partial charge >= 0.3 is 0 Å². The van der Waals surface area contributed by atoms with E-state index in [2.05, 4.69) is 16.7 Å². The molecule has 0 fully saturated rings. The molecule has 2 aromatic rings. The van der Waals surface area contributed by atoms with E-state index in [0.29, 0.717) is 24.5 Å². The summed E-state index contributed by atoms with van der Waals surface area (Å²) in [6, 6.07) is 10.4. The number of hydrogen-bond donors (Lipinski definition) is 2. The maximum atomic E-state index is 12.8. The smallest absolute Gasteiger partial charge is 0.243 e. The number of methoxy groups -OCH3 is 1. The second kappa shape index (κ2) is 9.76. The highest BCUT2D eigenvalue weighted by atomic mass is 32.2. The van der Waals surface area contributed by atoms with Crippen molar-refractivity contribution in [3.8, 4) is 5.75 Å². The number of nitrogens with zero attached hydrogens (tertiary/aromatic N) is 1. The van der Waals surface area contributed by atoms with E-state index in [1.54, 1.807) is 19.9 Å². The highest BCUT2D eigenvalue weighted by Gasteiger charge is 2.23. The van der Waals surface area contributed by atoms with Crippen LogP contribution in [0.3, 0.4) is 0 Å². The number of carbonyl (C=O) groups is 1. The third-order valence-electron chi connectivity index (χ3n) is 4.46. The zero-order valence-corrected chi connectivity index (χ0v) is 18.4. The van der Waals surface area contributed by atoms with Gasteiger partial charge in [-0.25, -0.2) is 8.42 Å². The fraction of sp³-hybridized carbons (Fsp3) is 0.381. The van der Waals surface area contributed by atoms with Crippen molar-refractivity contribution < 1.29 is 17.9 Å². The van der Waals surface area contributed by atoms with Crippen LogP contribution in [0.1, 0.15) is 25.0 Å². The summed E-state index contributed by atoms with van der Waals surface area (Å²) in [6.07, 6.45) is 0. The fourth-order valence-corrected chi connectivity index (χ4v) is 4.60. The molecule has 0 spiro atoms. The molecule has 0 saturated heterocycles. The Labute approximate surface area is 173 Å². The molecule has 0 atom stereocenters. The van der Waals surface area contributed by atoms with Crippen LogP contribution in [0.15, 0.2) is 41.3 Å². The van der Waals surface area contributed by atoms with Crippen molar-refractivity contribution in [2.75, 3.05) is 37.4 Å². The van der Waals surface area contributed by atoms with Gasteiger partial charge in [0, 0.05) is 18.8 Å². The lowest BCUT2D eigenvalue weighted by Crippen LogP contribution is -2.30. The Morgan fingerprint density at radius 3 is 2.21 bits per heavy atom. The minimum atomic E-state index is -3.64. The minimum Gasteiger partial charge on any atom is -0.495 e. The van der Waals surface area contributed by atoms with E-state index in [1.165, 1.54) is 23.5 Å². The first-order valence-electron chi connectivity index (χ1n) is 9.51. The van der Waals surface area contributed by atoms with Crippen LogP contribution in [0.2, 0.25) is 0 Å². The van der Waals surface area contributed by atoms with Gasteiger partial charge in [0.25, 0.3) is 0 Å². The van der Waals surface area contributed by atoms with Gasteiger partial charge in [0.1, 0.15) is 5.75 Å². The van der Waals surface area contributed by atoms with Crippen molar-refractivity contribution in [2.45, 2.75) is 32.6 Å². The van der Waals surface area contributed by atoms with Crippen molar-refractivity contribution in [3.63, 3.8) is 0 Å². The van der Waals surface area contributed by atoms with Crippen LogP contribution in [-0.2, 0) is 14.8 Å². The Morgan fingerprint density at radius 2 is 1.66 bits per heavy atom. The van der Waals surface area contributed by atoms with Gasteiger partial charge in [0.2, 0.25) is 15.9 Å². The molecule has 2 rings (SSSR count). The van der Waals surface area contributed by atoms with Crippen molar-refractivity contribution in [1.82, 2.24) is 4.31 Å². The highest BCUT2D eigenvalue weighted by molar-refractivity contribution is 7.89. The summed E-state index contributed by atoms with van der Waals surface area (Å²) in [5.41, 5.74) is 3.36. The molecule has 0 saturated carbocycles. The number of amides is 1. The second-order valence-electron chi connectivity index (χ2n) is 6.73. The molecule has 158 valence electrons. The predicted molar refractivity (Wildman–Crippen MR) is 116 cm³/mol. The average molecular weight is 420 g/mol. The summed E-state index contributed by atoms with van der Waals surface area (Å²) in [4.78, 5) is 12.6. The molecule has 8 heteroatoms. The molecule has 0 unspecified atom stereocenters. The van der Waals surface area contributed by atoms with Crippen molar-refractivity contribution in [1.29, 1.82) is 0 Å². The van der Waals surface area contributed by atoms with Gasteiger partial charge in [-0.2, -0.15) is 4.31 Å². The number of sulfonamides is 1. The van der Waals surface area contributed by atoms with Crippen molar-refractivity contribution in [3.05, 3.63) is 47.5 Å². The number of hydrogen-bond acceptors (Lipinski definition) is 5. The van der Waals surface area contributed by atoms with E-state index < -0.39 is 10.0 Å². The van der Waals surface area contributed by atoms with Gasteiger partial charge in [-0.15, -0.1) is 0 Å². The first-order chi connectivity index (χ1) is 13.7. The zero-order valence-electron chi connectivity index (χ0n) is 17.6. The molecule has 29 heavy (non-hydrogen) atoms. The lowest BCUT2D eigenvalue weighted by atomic mass is 10.1. The van der Waals surface area contributed by atoms with E-state index in [-0.39, 0.29) is 17.3 Å². The average Bonchev–Trinajstić information content (AvgIpc) is 2.66. The molecule has 2 N–H and O–H groups in total. The number of aryl methyl sites for hydroxylation is 2. The van der Waals surface area contributed by atoms with Gasteiger partial charge in [-0.1, -0.05) is 19.9 Å². The second-order valence-corrected chi connectivity index (χ2v) is 8.67. The van der Waals surface area contributed by atoms with E-state index in [4.69, 9.17) is 4.74 Å². The number of benzene rings is 2. The number of rotatable bonds is 9. The van der Waals surface area contributed by atoms with Crippen LogP contribution < -0.4 is 15.4 Å². The summed E-state index contributed by atoms with van der Waals surface area (Å²) in [5.74, 6) is 0.0862. The maximum Gasteiger partial charge on any atom is 0.243 e. The van der Waals surface area contributed by atoms with Crippen LogP contribution in [-0.4, -0.2) is 45.4 Å². The quantitative estimate of drug-likeness (QED) is 0.650. The summed E-state index contributed by atoms with van der Waals surface area (Å²) >= 11 is 0. The Morgan fingerprint density at radius 1 is 1.03 bits per heavy atom. The molecule has 0 aromatic heterocycles. The molecule has 0 aliphatic rings. The largest absolute Gasteiger partial charge is 0.495 e. The molecule has 7 nitrogen and oxygen atoms in total. The van der Waals surface area contributed by atoms with E-state index in [9.17, 15) is 13.2 Å². The molecule has 0 aliphatic carbocycles. The maximum absolute atomic E-state index is 12.8. The number of nitrogens with one attached hydrogen (secondary N) is 2. The summed E-state index contributed by atoms with van der Waals surface area (Å²) < 4.78 is 32.2. The number of ether oxygens (including phenoxy) is 1. The van der Waals surface area contributed by atoms with Crippen LogP contribution in [0, 0.1) is 13.8 Å². The molecule has 0 aliphatic heterocycles. The van der Waals surface area contributed by atoms with Crippen LogP contribution in [0.4, 0.5) is 11.4 Å². The molecule has 0 heterocycles. The number of anilines is 2. The summed E-state index contributed by atoms with van der Waals surface area (Å²) in [6.45, 7) is 8.33. The Balaban J connectivity index is 2.19. The third-order valence-corrected chi connectivity index (χ3v) is 6.51. The third kappa shape index (κ3) is 5.71. The summed E-state index contributed by atoms with van der Waals surface area (Å²) in [5, 5.41) is 5.82. The van der Waals surface area contributed by atoms with E-state index in [1.807, 2.05) is 26.0 Å². The first kappa shape index (κ1) is 22.7. The SMILES string of the molecule is CCN(CC)S(=O)(=O)c1ccc(OC)c(NC(=O)CNc2cc(C)cc(C)c2)c1. The van der Waals surface area contributed by atoms with Crippen LogP contribution >= 0.6 is 0 Å². The fourth-order valence-electron chi connectivity index (χ4n) is 3.11. The van der Waals surface area contributed by atoms with Gasteiger partial charge in [-0.05, 0) is 55.3 Å². The first-order valence-corrected chi connectivity index (χ1v) is 11.0. The lowest BCUT2D eigenvalue weighted by Gasteiger charge is -2.19. The standard InChI is InChI=1S/C21H29N3O4S/c1-6-24(7-2)29(26,27)18-8-9-20(28-5)19(13-18)23-21(25)14-22-17-11-15(3)10-16(4)12-17/h8-13,22H,6-7,14H2,1-5H3,(H,23,25). The molecule has 0 radical (unpaired) electrons. The summed E-state index contributed by atoms with van der Waals surface area (Å²) in [7, 11) is -2.17. The highest BCUT2D eigenvalue weighted by Crippen LogP contribution is 2.29. The molecule has 0 bridgehead atoms. The Bertz CT molecular complexity index is 950. The topological polar surface area (TPSA) is 87.7 Å². The normalized spacial score (nSPS) is 11.4. The monoisotopic (exact) mass is 419 g/mol. The van der Waals surface area contributed by atoms with Gasteiger partial charge in [0.05, 0.1) is 24.2 Å². The van der Waals surface area contributed by atoms with Crippen molar-refractivity contribution in [2.24, 2.45) is 0 Å². The molecule has 1 amide bonds. The van der Waals surface area contributed by atoms with Crippen LogP contribution in [0.25, 0.3) is 0 Å². The molecular weight excluding hydrogens is 390 g/mol. The van der Waals surface area contributed by atoms with Gasteiger partial charge in [0.15, 0.2) is 0 Å². The Kier molecular flexibility index (Phi) is 7.64. The lowest BCUT2D eigenvalue weighted by molar-refractivity contribution is -0.114. The number of carbonyl (C=O) groups excluding carboxylic acids is 1. The zero-order chi connectivity index (χ0) is 21.6. The predicted octanol–water partition coefficient (Wildman–Crippen LogP) is 3.39. The van der Waals surface area contributed by atoms with E-state index >= 15 is 0 Å². The molecular formula is C21H29N3O4S. The van der Waals surface area contributed by atoms with Gasteiger partial charge in [-0.3, -0.25) is 4.79 Å². The van der Waals surface area contributed by atoms with Crippen molar-refractivity contribution >= 4 is 27.3 Å². The molecule has 2 aromatic carbocycles. The van der Waals surface area contributed by atoms with Gasteiger partial charge < -0.3 is 15.4 Å². The van der Waals surface area contributed by atoms with E-state index in [0.717, 1.165) is 16.8 Å². The Hall–Kier alpha value is -2.58. The minimum absolute atomic E-state index is 0.0407. The van der Waals surface area contributed by atoms with Crippen LogP contribution in [0.5, 0.6) is 5.75 Å².